The van der Waals surface area contributed by atoms with Crippen LogP contribution in [0.4, 0.5) is 22.0 Å². The normalized spacial score (nSPS) is 14.1. The fourth-order valence-electron chi connectivity index (χ4n) is 0.809. The number of nitrogens with two attached hydrogens (primary N) is 1. The second-order valence-corrected chi connectivity index (χ2v) is 3.04. The van der Waals surface area contributed by atoms with Crippen LogP contribution in [0.25, 0.3) is 0 Å². The molecule has 16 heavy (non-hydrogen) atoms. The van der Waals surface area contributed by atoms with Gasteiger partial charge in [-0.3, -0.25) is 4.79 Å². The van der Waals surface area contributed by atoms with Crippen LogP contribution in [-0.2, 0) is 4.79 Å². The van der Waals surface area contributed by atoms with E-state index in [1.165, 1.54) is 0 Å². The molecule has 0 aromatic carbocycles. The van der Waals surface area contributed by atoms with Crippen LogP contribution in [0.1, 0.15) is 19.3 Å². The van der Waals surface area contributed by atoms with Crippen LogP contribution < -0.4 is 5.73 Å². The number of rotatable bonds is 5. The topological polar surface area (TPSA) is 63.3 Å². The highest BCUT2D eigenvalue weighted by atomic mass is 35.5. The van der Waals surface area contributed by atoms with Gasteiger partial charge in [0.05, 0.1) is 0 Å². The molecule has 0 aliphatic heterocycles. The lowest BCUT2D eigenvalue weighted by Crippen LogP contribution is -2.37. The Morgan fingerprint density at radius 3 is 2.00 bits per heavy atom. The Morgan fingerprint density at radius 2 is 1.69 bits per heavy atom. The van der Waals surface area contributed by atoms with Gasteiger partial charge in [-0.1, -0.05) is 0 Å². The fourth-order valence-corrected chi connectivity index (χ4v) is 0.809. The maximum Gasteiger partial charge on any atom is 0.453 e. The van der Waals surface area contributed by atoms with E-state index in [2.05, 4.69) is 0 Å². The van der Waals surface area contributed by atoms with Crippen molar-refractivity contribution in [1.82, 2.24) is 0 Å². The molecule has 0 bridgehead atoms. The molecule has 0 radical (unpaired) electrons. The van der Waals surface area contributed by atoms with E-state index in [0.29, 0.717) is 0 Å². The summed E-state index contributed by atoms with van der Waals surface area (Å²) in [6, 6.07) is -1.41. The molecule has 0 aromatic heterocycles. The molecule has 98 valence electrons. The van der Waals surface area contributed by atoms with Crippen molar-refractivity contribution in [2.24, 2.45) is 5.73 Å². The number of aliphatic carboxylic acids is 1. The Kier molecular flexibility index (Phi) is 6.87. The van der Waals surface area contributed by atoms with Crippen molar-refractivity contribution in [3.05, 3.63) is 0 Å². The van der Waals surface area contributed by atoms with Crippen molar-refractivity contribution in [3.8, 4) is 0 Å². The number of carboxylic acid groups (broad SMARTS) is 1. The second-order valence-electron chi connectivity index (χ2n) is 3.04. The zero-order chi connectivity index (χ0) is 12.3. The van der Waals surface area contributed by atoms with Crippen molar-refractivity contribution >= 4 is 18.4 Å². The van der Waals surface area contributed by atoms with E-state index >= 15 is 0 Å². The molecule has 0 aliphatic carbocycles. The molecule has 9 heteroatoms. The Bertz CT molecular complexity index is 233. The lowest BCUT2D eigenvalue weighted by Gasteiger charge is -2.19. The first-order chi connectivity index (χ1) is 6.58. The van der Waals surface area contributed by atoms with Crippen LogP contribution in [0, 0.1) is 0 Å². The standard InChI is InChI=1S/C7H10F5NO2.ClH/c8-6(9,7(10,11)12)3-1-2-4(13)5(14)15;/h4H,1-3,13H2,(H,14,15);1H. The zero-order valence-corrected chi connectivity index (χ0v) is 8.75. The van der Waals surface area contributed by atoms with Crippen LogP contribution in [0.3, 0.4) is 0 Å². The molecular weight excluding hydrogens is 261 g/mol. The molecule has 0 fully saturated rings. The minimum Gasteiger partial charge on any atom is -0.480 e. The van der Waals surface area contributed by atoms with Gasteiger partial charge in [0.1, 0.15) is 6.04 Å². The van der Waals surface area contributed by atoms with Crippen molar-refractivity contribution < 1.29 is 31.9 Å². The highest BCUT2D eigenvalue weighted by molar-refractivity contribution is 5.85. The largest absolute Gasteiger partial charge is 0.480 e. The fraction of sp³-hybridized carbons (Fsp3) is 0.857. The third kappa shape index (κ3) is 5.45. The highest BCUT2D eigenvalue weighted by Gasteiger charge is 2.56. The lowest BCUT2D eigenvalue weighted by molar-refractivity contribution is -0.284. The summed E-state index contributed by atoms with van der Waals surface area (Å²) in [5.74, 6) is -6.21. The predicted molar refractivity (Wildman–Crippen MR) is 47.7 cm³/mol. The van der Waals surface area contributed by atoms with E-state index in [1.54, 1.807) is 0 Å². The van der Waals surface area contributed by atoms with Gasteiger partial charge in [-0.15, -0.1) is 12.4 Å². The first-order valence-electron chi connectivity index (χ1n) is 4.01. The molecule has 0 rings (SSSR count). The van der Waals surface area contributed by atoms with Crippen LogP contribution in [0.15, 0.2) is 0 Å². The van der Waals surface area contributed by atoms with Crippen LogP contribution in [0.2, 0.25) is 0 Å². The first-order valence-corrected chi connectivity index (χ1v) is 4.01. The summed E-state index contributed by atoms with van der Waals surface area (Å²) in [6.07, 6.45) is -8.06. The molecule has 1 unspecified atom stereocenters. The minimum atomic E-state index is -5.60. The summed E-state index contributed by atoms with van der Waals surface area (Å²) in [4.78, 5) is 10.1. The first kappa shape index (κ1) is 17.8. The highest BCUT2D eigenvalue weighted by Crippen LogP contribution is 2.39. The van der Waals surface area contributed by atoms with E-state index in [4.69, 9.17) is 10.8 Å². The summed E-state index contributed by atoms with van der Waals surface area (Å²) in [6.45, 7) is 0. The van der Waals surface area contributed by atoms with Gasteiger partial charge in [-0.05, 0) is 12.8 Å². The van der Waals surface area contributed by atoms with Gasteiger partial charge >= 0.3 is 18.1 Å². The molecule has 0 heterocycles. The SMILES string of the molecule is Cl.NC(CCCC(F)(F)C(F)(F)F)C(=O)O. The van der Waals surface area contributed by atoms with Gasteiger partial charge in [-0.2, -0.15) is 22.0 Å². The van der Waals surface area contributed by atoms with Crippen molar-refractivity contribution in [3.63, 3.8) is 0 Å². The number of halogens is 6. The van der Waals surface area contributed by atoms with Gasteiger partial charge in [0, 0.05) is 6.42 Å². The average Bonchev–Trinajstić information content (AvgIpc) is 2.01. The van der Waals surface area contributed by atoms with Crippen molar-refractivity contribution in [2.45, 2.75) is 37.4 Å². The number of alkyl halides is 5. The minimum absolute atomic E-state index is 0. The van der Waals surface area contributed by atoms with Gasteiger partial charge in [0.2, 0.25) is 0 Å². The second kappa shape index (κ2) is 6.19. The molecule has 0 amide bonds. The monoisotopic (exact) mass is 271 g/mol. The molecule has 0 spiro atoms. The summed E-state index contributed by atoms with van der Waals surface area (Å²) in [5.41, 5.74) is 4.93. The third-order valence-electron chi connectivity index (χ3n) is 1.74. The molecular formula is C7H11ClF5NO2. The Hall–Kier alpha value is -0.630. The van der Waals surface area contributed by atoms with E-state index < -0.39 is 43.4 Å². The van der Waals surface area contributed by atoms with Crippen LogP contribution in [-0.4, -0.2) is 29.2 Å². The summed E-state index contributed by atoms with van der Waals surface area (Å²) in [5, 5.41) is 8.24. The molecule has 3 nitrogen and oxygen atoms in total. The van der Waals surface area contributed by atoms with Crippen molar-refractivity contribution in [2.75, 3.05) is 0 Å². The third-order valence-corrected chi connectivity index (χ3v) is 1.74. The van der Waals surface area contributed by atoms with Gasteiger partial charge < -0.3 is 10.8 Å². The number of hydrogen-bond acceptors (Lipinski definition) is 2. The maximum absolute atomic E-state index is 12.3. The number of carbonyl (C=O) groups is 1. The molecule has 3 N–H and O–H groups in total. The molecule has 0 saturated heterocycles. The average molecular weight is 272 g/mol. The maximum atomic E-state index is 12.3. The Labute approximate surface area is 94.2 Å². The smallest absolute Gasteiger partial charge is 0.453 e. The van der Waals surface area contributed by atoms with Crippen LogP contribution >= 0.6 is 12.4 Å². The van der Waals surface area contributed by atoms with E-state index in [-0.39, 0.29) is 12.4 Å². The number of hydrogen-bond donors (Lipinski definition) is 2. The summed E-state index contributed by atoms with van der Waals surface area (Å²) < 4.78 is 59.4. The Balaban J connectivity index is 0. The molecule has 0 saturated carbocycles. The van der Waals surface area contributed by atoms with Gasteiger partial charge in [0.25, 0.3) is 0 Å². The van der Waals surface area contributed by atoms with Crippen molar-refractivity contribution in [1.29, 1.82) is 0 Å². The lowest BCUT2D eigenvalue weighted by atomic mass is 10.1. The molecule has 0 aromatic rings. The zero-order valence-electron chi connectivity index (χ0n) is 7.93. The van der Waals surface area contributed by atoms with E-state index in [9.17, 15) is 26.7 Å². The van der Waals surface area contributed by atoms with Crippen LogP contribution in [0.5, 0.6) is 0 Å². The predicted octanol–water partition coefficient (Wildman–Crippen LogP) is 2.19. The molecule has 1 atom stereocenters. The van der Waals surface area contributed by atoms with E-state index in [1.807, 2.05) is 0 Å². The number of carboxylic acids is 1. The van der Waals surface area contributed by atoms with E-state index in [0.717, 1.165) is 0 Å². The summed E-state index contributed by atoms with van der Waals surface area (Å²) >= 11 is 0. The van der Waals surface area contributed by atoms with Gasteiger partial charge in [-0.25, -0.2) is 0 Å². The molecule has 0 aliphatic rings. The Morgan fingerprint density at radius 1 is 1.25 bits per heavy atom. The summed E-state index contributed by atoms with van der Waals surface area (Å²) in [7, 11) is 0. The van der Waals surface area contributed by atoms with Gasteiger partial charge in [0.15, 0.2) is 0 Å². The quantitative estimate of drug-likeness (QED) is 0.754.